The summed E-state index contributed by atoms with van der Waals surface area (Å²) in [5.74, 6) is -3.62. The van der Waals surface area contributed by atoms with E-state index < -0.39 is 41.6 Å². The van der Waals surface area contributed by atoms with Gasteiger partial charge in [0.2, 0.25) is 11.8 Å². The third-order valence-corrected chi connectivity index (χ3v) is 5.29. The highest BCUT2D eigenvalue weighted by Crippen LogP contribution is 2.28. The number of hydrogen-bond donors (Lipinski definition) is 3. The summed E-state index contributed by atoms with van der Waals surface area (Å²) >= 11 is 0. The van der Waals surface area contributed by atoms with Gasteiger partial charge in [-0.15, -0.1) is 0 Å². The predicted octanol–water partition coefficient (Wildman–Crippen LogP) is 3.27. The minimum Gasteiger partial charge on any atom is -0.480 e. The van der Waals surface area contributed by atoms with Crippen molar-refractivity contribution in [1.82, 2.24) is 10.6 Å². The first-order chi connectivity index (χ1) is 15.9. The van der Waals surface area contributed by atoms with Crippen LogP contribution in [-0.2, 0) is 20.8 Å². The fourth-order valence-electron chi connectivity index (χ4n) is 3.78. The summed E-state index contributed by atoms with van der Waals surface area (Å²) in [6.07, 6.45) is -0.119. The van der Waals surface area contributed by atoms with E-state index >= 15 is 0 Å². The van der Waals surface area contributed by atoms with Crippen LogP contribution in [0.4, 0.5) is 4.39 Å². The molecule has 0 spiro atoms. The fourth-order valence-corrected chi connectivity index (χ4v) is 3.78. The van der Waals surface area contributed by atoms with Crippen LogP contribution in [0.5, 0.6) is 0 Å². The zero-order valence-corrected chi connectivity index (χ0v) is 18.1. The monoisotopic (exact) mass is 448 g/mol. The van der Waals surface area contributed by atoms with E-state index in [-0.39, 0.29) is 12.0 Å². The van der Waals surface area contributed by atoms with Crippen LogP contribution < -0.4 is 10.6 Å². The highest BCUT2D eigenvalue weighted by Gasteiger charge is 2.34. The Hall–Kier alpha value is -4.00. The number of carboxylic acid groups (broad SMARTS) is 1. The van der Waals surface area contributed by atoms with Crippen LogP contribution in [0.2, 0.25) is 0 Å². The molecule has 170 valence electrons. The number of carbonyl (C=O) groups is 3. The summed E-state index contributed by atoms with van der Waals surface area (Å²) < 4.78 is 14.2. The molecule has 3 N–H and O–H groups in total. The molecule has 0 aliphatic heterocycles. The molecule has 0 radical (unpaired) electrons. The Morgan fingerprint density at radius 3 is 1.82 bits per heavy atom. The van der Waals surface area contributed by atoms with Crippen molar-refractivity contribution in [2.45, 2.75) is 31.3 Å². The van der Waals surface area contributed by atoms with Crippen LogP contribution in [0.25, 0.3) is 0 Å². The smallest absolute Gasteiger partial charge is 0.327 e. The molecule has 3 aromatic carbocycles. The molecular weight excluding hydrogens is 423 g/mol. The Labute approximate surface area is 191 Å². The Bertz CT molecular complexity index is 1070. The van der Waals surface area contributed by atoms with Crippen molar-refractivity contribution >= 4 is 17.8 Å². The van der Waals surface area contributed by atoms with Crippen molar-refractivity contribution in [2.24, 2.45) is 0 Å². The lowest BCUT2D eigenvalue weighted by atomic mass is 9.84. The largest absolute Gasteiger partial charge is 0.480 e. The van der Waals surface area contributed by atoms with Crippen LogP contribution in [0, 0.1) is 5.82 Å². The zero-order valence-electron chi connectivity index (χ0n) is 18.1. The summed E-state index contributed by atoms with van der Waals surface area (Å²) in [5, 5.41) is 15.1. The number of carboxylic acids is 1. The molecule has 3 rings (SSSR count). The van der Waals surface area contributed by atoms with Crippen LogP contribution in [0.1, 0.15) is 29.5 Å². The lowest BCUT2D eigenvalue weighted by Crippen LogP contribution is -2.54. The molecular formula is C26H25FN2O4. The highest BCUT2D eigenvalue weighted by molar-refractivity contribution is 5.90. The van der Waals surface area contributed by atoms with Gasteiger partial charge >= 0.3 is 5.97 Å². The Morgan fingerprint density at radius 1 is 0.818 bits per heavy atom. The standard InChI is InChI=1S/C26H25FN2O4/c1-17(30)28-22(16-20-14-8-9-15-21(20)27)25(31)29-24(26(32)33)23(18-10-4-2-5-11-18)19-12-6-3-7-13-19/h2-15,22-24H,16H2,1H3,(H,28,30)(H,29,31)(H,32,33)/t22-,24+/m0/s1. The molecule has 0 aromatic heterocycles. The molecule has 0 saturated carbocycles. The molecule has 2 amide bonds. The molecule has 33 heavy (non-hydrogen) atoms. The Balaban J connectivity index is 1.93. The molecule has 0 aliphatic carbocycles. The molecule has 7 heteroatoms. The third-order valence-electron chi connectivity index (χ3n) is 5.29. The van der Waals surface area contributed by atoms with E-state index in [1.54, 1.807) is 54.6 Å². The van der Waals surface area contributed by atoms with Crippen molar-refractivity contribution in [1.29, 1.82) is 0 Å². The van der Waals surface area contributed by atoms with Gasteiger partial charge in [0.15, 0.2) is 0 Å². The second-order valence-electron chi connectivity index (χ2n) is 7.67. The van der Waals surface area contributed by atoms with Gasteiger partial charge in [0.05, 0.1) is 0 Å². The molecule has 0 fully saturated rings. The van der Waals surface area contributed by atoms with Crippen LogP contribution in [0.15, 0.2) is 84.9 Å². The van der Waals surface area contributed by atoms with Gasteiger partial charge in [-0.05, 0) is 22.8 Å². The van der Waals surface area contributed by atoms with Crippen molar-refractivity contribution in [2.75, 3.05) is 0 Å². The van der Waals surface area contributed by atoms with Gasteiger partial charge in [0.1, 0.15) is 17.9 Å². The summed E-state index contributed by atoms with van der Waals surface area (Å²) in [4.78, 5) is 37.2. The number of hydrogen-bond acceptors (Lipinski definition) is 3. The van der Waals surface area contributed by atoms with Crippen LogP contribution >= 0.6 is 0 Å². The average Bonchev–Trinajstić information content (AvgIpc) is 2.80. The van der Waals surface area contributed by atoms with E-state index in [2.05, 4.69) is 10.6 Å². The summed E-state index contributed by atoms with van der Waals surface area (Å²) in [6, 6.07) is 21.5. The fraction of sp³-hybridized carbons (Fsp3) is 0.192. The molecule has 0 bridgehead atoms. The Morgan fingerprint density at radius 2 is 1.33 bits per heavy atom. The van der Waals surface area contributed by atoms with Gasteiger partial charge in [0, 0.05) is 19.3 Å². The van der Waals surface area contributed by atoms with Gasteiger partial charge in [0.25, 0.3) is 0 Å². The van der Waals surface area contributed by atoms with E-state index in [9.17, 15) is 23.9 Å². The summed E-state index contributed by atoms with van der Waals surface area (Å²) in [6.45, 7) is 1.24. The minimum absolute atomic E-state index is 0.119. The van der Waals surface area contributed by atoms with E-state index in [0.29, 0.717) is 11.1 Å². The van der Waals surface area contributed by atoms with E-state index in [0.717, 1.165) is 0 Å². The number of benzene rings is 3. The zero-order chi connectivity index (χ0) is 23.8. The first kappa shape index (κ1) is 23.7. The van der Waals surface area contributed by atoms with Gasteiger partial charge in [-0.1, -0.05) is 78.9 Å². The molecule has 6 nitrogen and oxygen atoms in total. The first-order valence-corrected chi connectivity index (χ1v) is 10.5. The van der Waals surface area contributed by atoms with E-state index in [4.69, 9.17) is 0 Å². The maximum Gasteiger partial charge on any atom is 0.327 e. The van der Waals surface area contributed by atoms with Crippen molar-refractivity contribution in [3.63, 3.8) is 0 Å². The van der Waals surface area contributed by atoms with E-state index in [1.807, 2.05) is 12.1 Å². The minimum atomic E-state index is -1.32. The second kappa shape index (κ2) is 11.0. The average molecular weight is 448 g/mol. The lowest BCUT2D eigenvalue weighted by Gasteiger charge is -2.28. The molecule has 3 aromatic rings. The number of carbonyl (C=O) groups excluding carboxylic acids is 2. The molecule has 0 unspecified atom stereocenters. The van der Waals surface area contributed by atoms with Gasteiger partial charge in [-0.3, -0.25) is 9.59 Å². The quantitative estimate of drug-likeness (QED) is 0.468. The molecule has 0 saturated heterocycles. The molecule has 0 heterocycles. The number of halogens is 1. The van der Waals surface area contributed by atoms with Crippen LogP contribution in [-0.4, -0.2) is 35.0 Å². The van der Waals surface area contributed by atoms with E-state index in [1.165, 1.54) is 25.1 Å². The number of amides is 2. The lowest BCUT2D eigenvalue weighted by molar-refractivity contribution is -0.142. The van der Waals surface area contributed by atoms with Gasteiger partial charge in [-0.2, -0.15) is 0 Å². The third kappa shape index (κ3) is 6.26. The number of nitrogens with one attached hydrogen (secondary N) is 2. The predicted molar refractivity (Wildman–Crippen MR) is 122 cm³/mol. The van der Waals surface area contributed by atoms with Gasteiger partial charge < -0.3 is 15.7 Å². The van der Waals surface area contributed by atoms with Crippen LogP contribution in [0.3, 0.4) is 0 Å². The number of aliphatic carboxylic acids is 1. The first-order valence-electron chi connectivity index (χ1n) is 10.5. The number of rotatable bonds is 9. The second-order valence-corrected chi connectivity index (χ2v) is 7.67. The van der Waals surface area contributed by atoms with Crippen molar-refractivity contribution in [3.05, 3.63) is 107 Å². The molecule has 0 aliphatic rings. The van der Waals surface area contributed by atoms with Crippen molar-refractivity contribution in [3.8, 4) is 0 Å². The highest BCUT2D eigenvalue weighted by atomic mass is 19.1. The topological polar surface area (TPSA) is 95.5 Å². The SMILES string of the molecule is CC(=O)N[C@@H](Cc1ccccc1F)C(=O)N[C@@H](C(=O)O)C(c1ccccc1)c1ccccc1. The Kier molecular flexibility index (Phi) is 7.91. The maximum atomic E-state index is 14.2. The van der Waals surface area contributed by atoms with Crippen molar-refractivity contribution < 1.29 is 23.9 Å². The molecule has 2 atom stereocenters. The van der Waals surface area contributed by atoms with Gasteiger partial charge in [-0.25, -0.2) is 9.18 Å². The summed E-state index contributed by atoms with van der Waals surface area (Å²) in [7, 11) is 0. The normalized spacial score (nSPS) is 12.6. The maximum absolute atomic E-state index is 14.2. The summed E-state index contributed by atoms with van der Waals surface area (Å²) in [5.41, 5.74) is 1.66.